The molecule has 0 amide bonds. The summed E-state index contributed by atoms with van der Waals surface area (Å²) in [6.45, 7) is 4.40. The van der Waals surface area contributed by atoms with E-state index in [9.17, 15) is 0 Å². The molecule has 0 atom stereocenters. The van der Waals surface area contributed by atoms with Gasteiger partial charge in [0.05, 0.1) is 0 Å². The Labute approximate surface area is 72.9 Å². The van der Waals surface area contributed by atoms with Gasteiger partial charge in [0.1, 0.15) is 0 Å². The molecule has 1 nitrogen and oxygen atoms in total. The Morgan fingerprint density at radius 1 is 1.40 bits per heavy atom. The Kier molecular flexibility index (Phi) is 8.45. The van der Waals surface area contributed by atoms with Gasteiger partial charge >= 0.3 is 72.8 Å². The van der Waals surface area contributed by atoms with Crippen molar-refractivity contribution in [2.24, 2.45) is 0 Å². The van der Waals surface area contributed by atoms with Crippen LogP contribution in [0.4, 0.5) is 0 Å². The minimum atomic E-state index is -0.894. The molecule has 0 aromatic carbocycles. The van der Waals surface area contributed by atoms with E-state index in [1.807, 2.05) is 0 Å². The van der Waals surface area contributed by atoms with Crippen molar-refractivity contribution >= 4 is 25.3 Å². The number of hydrogen-bond donors (Lipinski definition) is 1. The first-order valence-electron chi connectivity index (χ1n) is 3.78. The number of nitrogens with one attached hydrogen (secondary N) is 1. The molecule has 0 aliphatic rings. The SMILES string of the molecule is [B]I(C)CCCCNCC. The van der Waals surface area contributed by atoms with Crippen molar-refractivity contribution in [3.63, 3.8) is 0 Å². The van der Waals surface area contributed by atoms with Crippen molar-refractivity contribution < 1.29 is 0 Å². The molecule has 0 saturated carbocycles. The summed E-state index contributed by atoms with van der Waals surface area (Å²) in [5, 5.41) is 3.30. The predicted octanol–water partition coefficient (Wildman–Crippen LogP) is 1.60. The van der Waals surface area contributed by atoms with Crippen LogP contribution >= 0.6 is 19.6 Å². The fraction of sp³-hybridized carbons (Fsp3) is 1.00. The molecule has 0 saturated heterocycles. The average Bonchev–Trinajstić information content (AvgIpc) is 1.87. The summed E-state index contributed by atoms with van der Waals surface area (Å²) in [5.41, 5.74) is 5.74. The summed E-state index contributed by atoms with van der Waals surface area (Å²) in [6.07, 6.45) is 2.62. The second kappa shape index (κ2) is 7.86. The predicted molar refractivity (Wildman–Crippen MR) is 58.3 cm³/mol. The molecule has 0 heterocycles. The molecular weight excluding hydrogens is 236 g/mol. The van der Waals surface area contributed by atoms with Crippen LogP contribution in [0.2, 0.25) is 0 Å². The molecule has 3 heteroatoms. The van der Waals surface area contributed by atoms with Gasteiger partial charge in [-0.1, -0.05) is 0 Å². The number of rotatable bonds is 6. The van der Waals surface area contributed by atoms with Crippen LogP contribution in [0, 0.1) is 0 Å². The van der Waals surface area contributed by atoms with Crippen LogP contribution in [0.25, 0.3) is 0 Å². The molecule has 2 radical (unpaired) electrons. The van der Waals surface area contributed by atoms with Crippen molar-refractivity contribution in [2.45, 2.75) is 19.8 Å². The summed E-state index contributed by atoms with van der Waals surface area (Å²) in [4.78, 5) is 2.22. The third-order valence-electron chi connectivity index (χ3n) is 1.29. The van der Waals surface area contributed by atoms with Crippen molar-refractivity contribution in [1.29, 1.82) is 0 Å². The fourth-order valence-corrected chi connectivity index (χ4v) is 2.47. The van der Waals surface area contributed by atoms with Gasteiger partial charge in [-0.05, 0) is 0 Å². The third-order valence-corrected chi connectivity index (χ3v) is 3.75. The van der Waals surface area contributed by atoms with Crippen molar-refractivity contribution in [3.8, 4) is 0 Å². The van der Waals surface area contributed by atoms with Gasteiger partial charge in [-0.3, -0.25) is 0 Å². The summed E-state index contributed by atoms with van der Waals surface area (Å²) in [6, 6.07) is 0. The van der Waals surface area contributed by atoms with Gasteiger partial charge in [0.25, 0.3) is 0 Å². The van der Waals surface area contributed by atoms with Gasteiger partial charge in [-0.15, -0.1) is 0 Å². The standard InChI is InChI=1S/C7H17BIN/c1-3-10-7-5-4-6-9(2)8/h10H,3-7H2,1-2H3. The third kappa shape index (κ3) is 8.75. The van der Waals surface area contributed by atoms with Crippen LogP contribution in [-0.2, 0) is 0 Å². The van der Waals surface area contributed by atoms with E-state index in [0.29, 0.717) is 0 Å². The maximum atomic E-state index is 5.74. The molecule has 0 bridgehead atoms. The molecule has 1 N–H and O–H groups in total. The molecule has 0 fully saturated rings. The molecule has 0 unspecified atom stereocenters. The minimum absolute atomic E-state index is 0.894. The van der Waals surface area contributed by atoms with E-state index in [2.05, 4.69) is 17.2 Å². The van der Waals surface area contributed by atoms with Crippen LogP contribution < -0.4 is 5.32 Å². The van der Waals surface area contributed by atoms with E-state index < -0.39 is 19.6 Å². The topological polar surface area (TPSA) is 12.0 Å². The summed E-state index contributed by atoms with van der Waals surface area (Å²) in [5.74, 6) is 0. The van der Waals surface area contributed by atoms with Crippen molar-refractivity contribution in [2.75, 3.05) is 22.4 Å². The first-order valence-corrected chi connectivity index (χ1v) is 8.71. The quantitative estimate of drug-likeness (QED) is 0.328. The molecule has 0 aliphatic heterocycles. The Balaban J connectivity index is 2.77. The Bertz CT molecular complexity index is 68.6. The number of halogens is 1. The molecule has 0 aromatic rings. The van der Waals surface area contributed by atoms with Crippen LogP contribution in [0.3, 0.4) is 0 Å². The normalized spacial score (nSPS) is 11.6. The first-order chi connectivity index (χ1) is 4.77. The molecule has 0 spiro atoms. The summed E-state index contributed by atoms with van der Waals surface area (Å²) < 4.78 is 1.31. The molecule has 60 valence electrons. The fourth-order valence-electron chi connectivity index (χ4n) is 0.732. The second-order valence-electron chi connectivity index (χ2n) is 2.39. The van der Waals surface area contributed by atoms with Gasteiger partial charge in [-0.2, -0.15) is 0 Å². The molecule has 0 aliphatic carbocycles. The van der Waals surface area contributed by atoms with E-state index in [-0.39, 0.29) is 0 Å². The zero-order valence-electron chi connectivity index (χ0n) is 6.99. The average molecular weight is 253 g/mol. The number of hydrogen-bond acceptors (Lipinski definition) is 1. The monoisotopic (exact) mass is 253 g/mol. The molecule has 10 heavy (non-hydrogen) atoms. The van der Waals surface area contributed by atoms with E-state index in [4.69, 9.17) is 5.70 Å². The van der Waals surface area contributed by atoms with E-state index in [1.165, 1.54) is 23.8 Å². The van der Waals surface area contributed by atoms with Gasteiger partial charge in [0.2, 0.25) is 0 Å². The van der Waals surface area contributed by atoms with E-state index >= 15 is 0 Å². The van der Waals surface area contributed by atoms with E-state index in [1.54, 1.807) is 0 Å². The van der Waals surface area contributed by atoms with Crippen LogP contribution in [0.1, 0.15) is 19.8 Å². The van der Waals surface area contributed by atoms with Crippen molar-refractivity contribution in [3.05, 3.63) is 0 Å². The Morgan fingerprint density at radius 3 is 2.60 bits per heavy atom. The van der Waals surface area contributed by atoms with Gasteiger partial charge in [0.15, 0.2) is 0 Å². The number of alkyl halides is 2. The van der Waals surface area contributed by atoms with Crippen LogP contribution in [0.5, 0.6) is 0 Å². The maximum absolute atomic E-state index is 5.74. The zero-order valence-corrected chi connectivity index (χ0v) is 9.15. The summed E-state index contributed by atoms with van der Waals surface area (Å²) >= 11 is -0.894. The van der Waals surface area contributed by atoms with Crippen LogP contribution in [-0.4, -0.2) is 28.2 Å². The summed E-state index contributed by atoms with van der Waals surface area (Å²) in [7, 11) is 0. The zero-order chi connectivity index (χ0) is 7.82. The first kappa shape index (κ1) is 10.8. The molecular formula is C7H17BIN. The van der Waals surface area contributed by atoms with E-state index in [0.717, 1.165) is 6.54 Å². The van der Waals surface area contributed by atoms with Crippen molar-refractivity contribution in [1.82, 2.24) is 5.32 Å². The molecule has 0 rings (SSSR count). The molecule has 0 aromatic heterocycles. The van der Waals surface area contributed by atoms with Gasteiger partial charge in [0, 0.05) is 0 Å². The van der Waals surface area contributed by atoms with Gasteiger partial charge in [-0.25, -0.2) is 0 Å². The van der Waals surface area contributed by atoms with Crippen LogP contribution in [0.15, 0.2) is 0 Å². The Morgan fingerprint density at radius 2 is 2.10 bits per heavy atom. The second-order valence-corrected chi connectivity index (χ2v) is 7.12. The number of unbranched alkanes of at least 4 members (excludes halogenated alkanes) is 1. The Hall–Kier alpha value is 0.755. The van der Waals surface area contributed by atoms with Gasteiger partial charge < -0.3 is 0 Å².